The maximum atomic E-state index is 6.37. The van der Waals surface area contributed by atoms with Crippen LogP contribution < -0.4 is 0 Å². The summed E-state index contributed by atoms with van der Waals surface area (Å²) in [4.78, 5) is 0. The first-order valence-electron chi connectivity index (χ1n) is 9.00. The van der Waals surface area contributed by atoms with E-state index in [1.807, 2.05) is 0 Å². The molecule has 0 heterocycles. The molecule has 0 saturated carbocycles. The van der Waals surface area contributed by atoms with Gasteiger partial charge in [0.25, 0.3) is 5.95 Å². The quantitative estimate of drug-likeness (QED) is 0.449. The molecule has 1 unspecified atom stereocenters. The molecule has 1 aromatic carbocycles. The van der Waals surface area contributed by atoms with Crippen molar-refractivity contribution in [2.24, 2.45) is 0 Å². The van der Waals surface area contributed by atoms with Crippen LogP contribution in [0.2, 0.25) is 39.3 Å². The van der Waals surface area contributed by atoms with Crippen LogP contribution in [0.5, 0.6) is 0 Å². The lowest BCUT2D eigenvalue weighted by molar-refractivity contribution is 0.138. The van der Waals surface area contributed by atoms with Crippen LogP contribution in [-0.4, -0.2) is 23.7 Å². The van der Waals surface area contributed by atoms with Gasteiger partial charge in [-0.3, -0.25) is 0 Å². The summed E-state index contributed by atoms with van der Waals surface area (Å²) in [5, 5.41) is 0. The Morgan fingerprint density at radius 3 is 2.12 bits per heavy atom. The molecule has 1 aliphatic carbocycles. The van der Waals surface area contributed by atoms with Crippen molar-refractivity contribution >= 4 is 16.6 Å². The topological polar surface area (TPSA) is 27.7 Å². The third-order valence-corrected chi connectivity index (χ3v) is 5.48. The van der Waals surface area contributed by atoms with Crippen LogP contribution in [0.4, 0.5) is 0 Å². The summed E-state index contributed by atoms with van der Waals surface area (Å²) in [5.74, 6) is 2.03. The van der Waals surface area contributed by atoms with Crippen LogP contribution in [0.3, 0.4) is 0 Å². The lowest BCUT2D eigenvalue weighted by Crippen LogP contribution is -2.29. The zero-order valence-electron chi connectivity index (χ0n) is 16.7. The summed E-state index contributed by atoms with van der Waals surface area (Å²) in [6.45, 7) is 13.1. The van der Waals surface area contributed by atoms with Gasteiger partial charge in [0.1, 0.15) is 5.76 Å². The first-order valence-corrected chi connectivity index (χ1v) is 15.8. The molecular weight excluding hydrogens is 344 g/mol. The molecule has 1 aliphatic rings. The van der Waals surface area contributed by atoms with Gasteiger partial charge >= 0.3 is 0 Å². The zero-order chi connectivity index (χ0) is 18.7. The highest BCUT2D eigenvalue weighted by Gasteiger charge is 2.31. The fourth-order valence-corrected chi connectivity index (χ4v) is 4.53. The van der Waals surface area contributed by atoms with Gasteiger partial charge in [0.15, 0.2) is 0 Å². The molecule has 1 aromatic rings. The number of rotatable bonds is 6. The Kier molecular flexibility index (Phi) is 6.22. The molecule has 0 fully saturated rings. The summed E-state index contributed by atoms with van der Waals surface area (Å²) < 4.78 is 18.3. The summed E-state index contributed by atoms with van der Waals surface area (Å²) in [6.07, 6.45) is 4.09. The number of allylic oxidation sites excluding steroid dienone is 2. The molecule has 5 heteroatoms. The fourth-order valence-electron chi connectivity index (χ4n) is 2.90. The minimum absolute atomic E-state index is 0.431. The van der Waals surface area contributed by atoms with Gasteiger partial charge in [0.2, 0.25) is 16.6 Å². The van der Waals surface area contributed by atoms with Gasteiger partial charge in [0.05, 0.1) is 12.7 Å². The minimum atomic E-state index is -1.77. The van der Waals surface area contributed by atoms with Crippen LogP contribution in [0, 0.1) is 0 Å². The molecule has 0 N–H and O–H groups in total. The van der Waals surface area contributed by atoms with Crippen LogP contribution in [0.25, 0.3) is 0 Å². The second-order valence-electron chi connectivity index (χ2n) is 8.51. The second kappa shape index (κ2) is 7.83. The minimum Gasteiger partial charge on any atom is -0.544 e. The van der Waals surface area contributed by atoms with Crippen molar-refractivity contribution in [1.29, 1.82) is 0 Å². The predicted octanol–water partition coefficient (Wildman–Crippen LogP) is 6.01. The lowest BCUT2D eigenvalue weighted by Gasteiger charge is -2.32. The number of benzene rings is 1. The van der Waals surface area contributed by atoms with Crippen LogP contribution in [0.15, 0.2) is 53.7 Å². The molecule has 0 radical (unpaired) electrons. The molecule has 0 spiro atoms. The first-order chi connectivity index (χ1) is 11.6. The number of hydrogen-bond donors (Lipinski definition) is 0. The van der Waals surface area contributed by atoms with Crippen molar-refractivity contribution in [2.45, 2.75) is 58.0 Å². The van der Waals surface area contributed by atoms with E-state index < -0.39 is 16.6 Å². The monoisotopic (exact) mass is 376 g/mol. The van der Waals surface area contributed by atoms with Crippen LogP contribution in [-0.2, 0) is 13.6 Å². The van der Waals surface area contributed by atoms with Crippen molar-refractivity contribution in [3.8, 4) is 0 Å². The van der Waals surface area contributed by atoms with E-state index in [2.05, 4.69) is 75.7 Å². The third-order valence-electron chi connectivity index (χ3n) is 3.85. The van der Waals surface area contributed by atoms with Gasteiger partial charge in [-0.2, -0.15) is 0 Å². The molecule has 25 heavy (non-hydrogen) atoms. The summed E-state index contributed by atoms with van der Waals surface area (Å²) in [6, 6.07) is 10.7. The maximum absolute atomic E-state index is 6.37. The maximum Gasteiger partial charge on any atom is 0.272 e. The van der Waals surface area contributed by atoms with E-state index in [1.165, 1.54) is 5.56 Å². The van der Waals surface area contributed by atoms with E-state index >= 15 is 0 Å². The first kappa shape index (κ1) is 19.9. The largest absolute Gasteiger partial charge is 0.544 e. The second-order valence-corrected chi connectivity index (χ2v) is 17.4. The summed E-state index contributed by atoms with van der Waals surface area (Å²) in [5.41, 5.74) is 2.43. The Hall–Kier alpha value is -1.47. The highest BCUT2D eigenvalue weighted by Crippen LogP contribution is 2.39. The third kappa shape index (κ3) is 6.08. The molecular formula is C20H32O3Si2. The molecule has 0 aliphatic heterocycles. The molecule has 138 valence electrons. The van der Waals surface area contributed by atoms with Gasteiger partial charge < -0.3 is 13.6 Å². The molecule has 3 nitrogen and oxygen atoms in total. The number of methoxy groups -OCH3 is 1. The molecule has 0 saturated heterocycles. The Morgan fingerprint density at radius 1 is 0.960 bits per heavy atom. The summed E-state index contributed by atoms with van der Waals surface area (Å²) in [7, 11) is -1.78. The molecule has 0 aromatic heterocycles. The SMILES string of the molecule is CO/C(O[Si](C)(C)C)=C1/CC(c2ccccc2)CC=C1O[Si](C)(C)C. The van der Waals surface area contributed by atoms with E-state index in [-0.39, 0.29) is 0 Å². The number of hydrogen-bond acceptors (Lipinski definition) is 3. The zero-order valence-corrected chi connectivity index (χ0v) is 18.7. The van der Waals surface area contributed by atoms with Gasteiger partial charge in [0, 0.05) is 0 Å². The van der Waals surface area contributed by atoms with Gasteiger partial charge in [-0.15, -0.1) is 0 Å². The Morgan fingerprint density at radius 2 is 1.60 bits per heavy atom. The highest BCUT2D eigenvalue weighted by atomic mass is 28.4. The van der Waals surface area contributed by atoms with Crippen LogP contribution in [0.1, 0.15) is 24.3 Å². The van der Waals surface area contributed by atoms with E-state index in [4.69, 9.17) is 13.6 Å². The average molecular weight is 377 g/mol. The van der Waals surface area contributed by atoms with Gasteiger partial charge in [-0.05, 0) is 69.7 Å². The fraction of sp³-hybridized carbons (Fsp3) is 0.500. The van der Waals surface area contributed by atoms with E-state index in [9.17, 15) is 0 Å². The molecule has 1 atom stereocenters. The van der Waals surface area contributed by atoms with Gasteiger partial charge in [-0.25, -0.2) is 0 Å². The van der Waals surface area contributed by atoms with Crippen molar-refractivity contribution in [2.75, 3.05) is 7.11 Å². The van der Waals surface area contributed by atoms with Crippen LogP contribution >= 0.6 is 0 Å². The normalized spacial score (nSPS) is 20.6. The highest BCUT2D eigenvalue weighted by molar-refractivity contribution is 6.70. The van der Waals surface area contributed by atoms with E-state index in [1.54, 1.807) is 7.11 Å². The van der Waals surface area contributed by atoms with Crippen molar-refractivity contribution in [3.05, 3.63) is 59.2 Å². The number of ether oxygens (including phenoxy) is 1. The smallest absolute Gasteiger partial charge is 0.272 e. The van der Waals surface area contributed by atoms with Gasteiger partial charge in [-0.1, -0.05) is 30.3 Å². The molecule has 0 bridgehead atoms. The summed E-state index contributed by atoms with van der Waals surface area (Å²) >= 11 is 0. The van der Waals surface area contributed by atoms with Crippen molar-refractivity contribution < 1.29 is 13.6 Å². The Balaban J connectivity index is 2.41. The Bertz CT molecular complexity index is 637. The molecule has 0 amide bonds. The predicted molar refractivity (Wildman–Crippen MR) is 109 cm³/mol. The average Bonchev–Trinajstić information content (AvgIpc) is 2.51. The Labute approximate surface area is 155 Å². The van der Waals surface area contributed by atoms with Crippen molar-refractivity contribution in [1.82, 2.24) is 0 Å². The molecule has 2 rings (SSSR count). The van der Waals surface area contributed by atoms with E-state index in [0.29, 0.717) is 11.9 Å². The van der Waals surface area contributed by atoms with E-state index in [0.717, 1.165) is 24.2 Å². The standard InChI is InChI=1S/C20H32O3Si2/c1-21-20(23-25(5,6)7)18-15-17(16-11-9-8-10-12-16)13-14-19(18)22-24(2,3)4/h8-12,14,17H,13,15H2,1-7H3/b20-18+. The lowest BCUT2D eigenvalue weighted by atomic mass is 9.84. The van der Waals surface area contributed by atoms with Crippen molar-refractivity contribution in [3.63, 3.8) is 0 Å².